The van der Waals surface area contributed by atoms with Crippen LogP contribution in [0.5, 0.6) is 0 Å². The Morgan fingerprint density at radius 1 is 1.20 bits per heavy atom. The van der Waals surface area contributed by atoms with Gasteiger partial charge in [-0.3, -0.25) is 4.79 Å². The predicted molar refractivity (Wildman–Crippen MR) is 80.8 cm³/mol. The molecule has 0 aromatic carbocycles. The highest BCUT2D eigenvalue weighted by molar-refractivity contribution is 5.70. The van der Waals surface area contributed by atoms with E-state index in [-0.39, 0.29) is 5.92 Å². The molecule has 1 saturated carbocycles. The first kappa shape index (κ1) is 15.8. The van der Waals surface area contributed by atoms with E-state index in [1.807, 2.05) is 0 Å². The largest absolute Gasteiger partial charge is 0.481 e. The first-order valence-electron chi connectivity index (χ1n) is 8.28. The Kier molecular flexibility index (Phi) is 5.85. The molecule has 2 N–H and O–H groups in total. The van der Waals surface area contributed by atoms with Crippen molar-refractivity contribution in [3.05, 3.63) is 0 Å². The summed E-state index contributed by atoms with van der Waals surface area (Å²) in [5, 5.41) is 13.0. The van der Waals surface area contributed by atoms with Gasteiger partial charge in [-0.25, -0.2) is 0 Å². The molecule has 0 spiro atoms. The van der Waals surface area contributed by atoms with Gasteiger partial charge in [0.1, 0.15) is 0 Å². The zero-order valence-electron chi connectivity index (χ0n) is 13.0. The average Bonchev–Trinajstić information content (AvgIpc) is 2.45. The number of carbonyl (C=O) groups is 1. The molecule has 4 nitrogen and oxygen atoms in total. The summed E-state index contributed by atoms with van der Waals surface area (Å²) in [5.74, 6) is -0.373. The monoisotopic (exact) mass is 282 g/mol. The molecule has 2 unspecified atom stereocenters. The maximum absolute atomic E-state index is 11.3. The second-order valence-corrected chi connectivity index (χ2v) is 6.80. The Labute approximate surface area is 122 Å². The number of piperidine rings is 1. The normalized spacial score (nSPS) is 29.8. The molecule has 2 rings (SSSR count). The van der Waals surface area contributed by atoms with Crippen LogP contribution >= 0.6 is 0 Å². The first-order chi connectivity index (χ1) is 9.58. The Balaban J connectivity index is 1.73. The third-order valence-corrected chi connectivity index (χ3v) is 5.15. The lowest BCUT2D eigenvalue weighted by Gasteiger charge is -2.36. The lowest BCUT2D eigenvalue weighted by atomic mass is 9.79. The fourth-order valence-corrected chi connectivity index (χ4v) is 3.72. The molecule has 2 atom stereocenters. The lowest BCUT2D eigenvalue weighted by Crippen LogP contribution is -2.47. The lowest BCUT2D eigenvalue weighted by molar-refractivity contribution is -0.144. The van der Waals surface area contributed by atoms with Gasteiger partial charge in [0, 0.05) is 12.1 Å². The number of likely N-dealkylation sites (tertiary alicyclic amines) is 1. The van der Waals surface area contributed by atoms with Crippen molar-refractivity contribution in [3.8, 4) is 0 Å². The molecule has 116 valence electrons. The van der Waals surface area contributed by atoms with Gasteiger partial charge < -0.3 is 15.3 Å². The molecular weight excluding hydrogens is 252 g/mol. The molecule has 0 aromatic rings. The van der Waals surface area contributed by atoms with Gasteiger partial charge in [-0.05, 0) is 65.1 Å². The molecule has 0 radical (unpaired) electrons. The van der Waals surface area contributed by atoms with E-state index in [1.54, 1.807) is 0 Å². The topological polar surface area (TPSA) is 52.6 Å². The van der Waals surface area contributed by atoms with Crippen molar-refractivity contribution in [2.75, 3.05) is 19.6 Å². The summed E-state index contributed by atoms with van der Waals surface area (Å²) >= 11 is 0. The van der Waals surface area contributed by atoms with Gasteiger partial charge in [-0.15, -0.1) is 0 Å². The zero-order chi connectivity index (χ0) is 14.5. The number of hydrogen-bond acceptors (Lipinski definition) is 3. The van der Waals surface area contributed by atoms with E-state index in [0.29, 0.717) is 18.0 Å². The maximum Gasteiger partial charge on any atom is 0.306 e. The fraction of sp³-hybridized carbons (Fsp3) is 0.938. The second-order valence-electron chi connectivity index (χ2n) is 6.80. The molecule has 2 aliphatic rings. The zero-order valence-corrected chi connectivity index (χ0v) is 13.0. The summed E-state index contributed by atoms with van der Waals surface area (Å²) < 4.78 is 0. The predicted octanol–water partition coefficient (Wildman–Crippen LogP) is 2.34. The van der Waals surface area contributed by atoms with Crippen LogP contribution in [0.2, 0.25) is 0 Å². The van der Waals surface area contributed by atoms with Crippen molar-refractivity contribution in [3.63, 3.8) is 0 Å². The smallest absolute Gasteiger partial charge is 0.306 e. The van der Waals surface area contributed by atoms with Gasteiger partial charge in [0.05, 0.1) is 5.92 Å². The number of carboxylic acids is 1. The number of carboxylic acid groups (broad SMARTS) is 1. The van der Waals surface area contributed by atoms with E-state index in [1.165, 1.54) is 32.4 Å². The van der Waals surface area contributed by atoms with Crippen molar-refractivity contribution >= 4 is 5.97 Å². The quantitative estimate of drug-likeness (QED) is 0.812. The SMILES string of the molecule is CC(C)N1CCC(NCC2CCCCC2C(=O)O)CC1. The van der Waals surface area contributed by atoms with E-state index in [0.717, 1.165) is 25.8 Å². The first-order valence-corrected chi connectivity index (χ1v) is 8.28. The van der Waals surface area contributed by atoms with Gasteiger partial charge >= 0.3 is 5.97 Å². The number of aliphatic carboxylic acids is 1. The minimum absolute atomic E-state index is 0.119. The Bertz CT molecular complexity index is 312. The summed E-state index contributed by atoms with van der Waals surface area (Å²) in [6, 6.07) is 1.23. The van der Waals surface area contributed by atoms with Crippen molar-refractivity contribution in [2.24, 2.45) is 11.8 Å². The molecule has 0 amide bonds. The van der Waals surface area contributed by atoms with Crippen molar-refractivity contribution in [1.82, 2.24) is 10.2 Å². The molecule has 1 heterocycles. The van der Waals surface area contributed by atoms with Crippen LogP contribution in [-0.4, -0.2) is 47.7 Å². The fourth-order valence-electron chi connectivity index (χ4n) is 3.72. The van der Waals surface area contributed by atoms with E-state index < -0.39 is 5.97 Å². The van der Waals surface area contributed by atoms with Crippen LogP contribution in [0.4, 0.5) is 0 Å². The molecule has 0 aromatic heterocycles. The summed E-state index contributed by atoms with van der Waals surface area (Å²) in [7, 11) is 0. The number of nitrogens with zero attached hydrogens (tertiary/aromatic N) is 1. The van der Waals surface area contributed by atoms with Crippen LogP contribution in [0.3, 0.4) is 0 Å². The number of rotatable bonds is 5. The van der Waals surface area contributed by atoms with Crippen LogP contribution < -0.4 is 5.32 Å². The van der Waals surface area contributed by atoms with Crippen LogP contribution in [-0.2, 0) is 4.79 Å². The van der Waals surface area contributed by atoms with Crippen LogP contribution in [0.25, 0.3) is 0 Å². The van der Waals surface area contributed by atoms with Crippen molar-refractivity contribution in [1.29, 1.82) is 0 Å². The molecule has 4 heteroatoms. The van der Waals surface area contributed by atoms with Gasteiger partial charge in [-0.1, -0.05) is 12.8 Å². The molecule has 1 aliphatic carbocycles. The molecule has 20 heavy (non-hydrogen) atoms. The van der Waals surface area contributed by atoms with Crippen LogP contribution in [0.15, 0.2) is 0 Å². The second kappa shape index (κ2) is 7.41. The van der Waals surface area contributed by atoms with E-state index >= 15 is 0 Å². The minimum Gasteiger partial charge on any atom is -0.481 e. The van der Waals surface area contributed by atoms with Gasteiger partial charge in [0.15, 0.2) is 0 Å². The third-order valence-electron chi connectivity index (χ3n) is 5.15. The van der Waals surface area contributed by atoms with Gasteiger partial charge in [0.2, 0.25) is 0 Å². The third kappa shape index (κ3) is 4.19. The number of hydrogen-bond donors (Lipinski definition) is 2. The molecule has 2 fully saturated rings. The van der Waals surface area contributed by atoms with Crippen molar-refractivity contribution < 1.29 is 9.90 Å². The van der Waals surface area contributed by atoms with E-state index in [2.05, 4.69) is 24.1 Å². The Morgan fingerprint density at radius 2 is 1.85 bits per heavy atom. The Morgan fingerprint density at radius 3 is 2.45 bits per heavy atom. The standard InChI is InChI=1S/C16H30N2O2/c1-12(2)18-9-7-14(8-10-18)17-11-13-5-3-4-6-15(13)16(19)20/h12-15,17H,3-11H2,1-2H3,(H,19,20). The van der Waals surface area contributed by atoms with E-state index in [4.69, 9.17) is 0 Å². The van der Waals surface area contributed by atoms with Crippen LogP contribution in [0, 0.1) is 11.8 Å². The molecule has 1 aliphatic heterocycles. The average molecular weight is 282 g/mol. The van der Waals surface area contributed by atoms with E-state index in [9.17, 15) is 9.90 Å². The van der Waals surface area contributed by atoms with Gasteiger partial charge in [-0.2, -0.15) is 0 Å². The summed E-state index contributed by atoms with van der Waals surface area (Å²) in [6.45, 7) is 7.74. The Hall–Kier alpha value is -0.610. The molecular formula is C16H30N2O2. The van der Waals surface area contributed by atoms with Crippen LogP contribution in [0.1, 0.15) is 52.4 Å². The highest BCUT2D eigenvalue weighted by Gasteiger charge is 2.31. The maximum atomic E-state index is 11.3. The van der Waals surface area contributed by atoms with Gasteiger partial charge in [0.25, 0.3) is 0 Å². The highest BCUT2D eigenvalue weighted by atomic mass is 16.4. The molecule has 1 saturated heterocycles. The number of nitrogens with one attached hydrogen (secondary N) is 1. The highest BCUT2D eigenvalue weighted by Crippen LogP contribution is 2.30. The minimum atomic E-state index is -0.592. The summed E-state index contributed by atoms with van der Waals surface area (Å²) in [5.41, 5.74) is 0. The summed E-state index contributed by atoms with van der Waals surface area (Å²) in [4.78, 5) is 13.8. The van der Waals surface area contributed by atoms with Crippen molar-refractivity contribution in [2.45, 2.75) is 64.5 Å². The summed E-state index contributed by atoms with van der Waals surface area (Å²) in [6.07, 6.45) is 6.62. The molecule has 0 bridgehead atoms.